The van der Waals surface area contributed by atoms with E-state index >= 15 is 0 Å². The first kappa shape index (κ1) is 16.2. The zero-order chi connectivity index (χ0) is 16.0. The highest BCUT2D eigenvalue weighted by atomic mass is 32.2. The summed E-state index contributed by atoms with van der Waals surface area (Å²) in [6.07, 6.45) is 6.84. The lowest BCUT2D eigenvalue weighted by atomic mass is 10.1. The van der Waals surface area contributed by atoms with Crippen LogP contribution in [0.3, 0.4) is 0 Å². The molecule has 22 heavy (non-hydrogen) atoms. The van der Waals surface area contributed by atoms with E-state index in [1.54, 1.807) is 35.4 Å². The first-order chi connectivity index (χ1) is 10.5. The number of aromatic nitrogens is 2. The van der Waals surface area contributed by atoms with Gasteiger partial charge in [0.2, 0.25) is 0 Å². The molecule has 0 N–H and O–H groups in total. The molecular weight excluding hydrogens is 302 g/mol. The minimum atomic E-state index is -3.52. The largest absolute Gasteiger partial charge is 0.335 e. The highest BCUT2D eigenvalue weighted by Gasteiger charge is 2.16. The molecule has 6 nitrogen and oxygen atoms in total. The van der Waals surface area contributed by atoms with Crippen molar-refractivity contribution in [3.63, 3.8) is 0 Å². The highest BCUT2D eigenvalue weighted by molar-refractivity contribution is 7.86. The number of imidazole rings is 1. The Morgan fingerprint density at radius 2 is 2.09 bits per heavy atom. The monoisotopic (exact) mass is 319 g/mol. The first-order valence-electron chi connectivity index (χ1n) is 6.79. The number of benzene rings is 1. The van der Waals surface area contributed by atoms with Crippen molar-refractivity contribution in [3.8, 4) is 6.07 Å². The predicted octanol–water partition coefficient (Wildman–Crippen LogP) is 1.73. The van der Waals surface area contributed by atoms with E-state index in [0.717, 1.165) is 11.8 Å². The van der Waals surface area contributed by atoms with Gasteiger partial charge in [-0.15, -0.1) is 0 Å². The number of aryl methyl sites for hydroxylation is 1. The SMILES string of the molecule is CS(=O)(=O)OC(CCc1ccc(C#N)cc1)Cn1ccnc1. The molecule has 0 radical (unpaired) electrons. The fourth-order valence-electron chi connectivity index (χ4n) is 2.12. The van der Waals surface area contributed by atoms with E-state index in [1.165, 1.54) is 0 Å². The van der Waals surface area contributed by atoms with Crippen LogP contribution in [0.1, 0.15) is 17.5 Å². The zero-order valence-electron chi connectivity index (χ0n) is 12.2. The zero-order valence-corrected chi connectivity index (χ0v) is 13.0. The van der Waals surface area contributed by atoms with Crippen molar-refractivity contribution in [2.45, 2.75) is 25.5 Å². The van der Waals surface area contributed by atoms with Gasteiger partial charge in [0.15, 0.2) is 0 Å². The molecule has 116 valence electrons. The molecule has 0 saturated carbocycles. The fraction of sp³-hybridized carbons (Fsp3) is 0.333. The minimum Gasteiger partial charge on any atom is -0.335 e. The standard InChI is InChI=1S/C15H17N3O3S/c1-22(19,20)21-15(11-18-9-8-17-12-18)7-6-13-2-4-14(10-16)5-3-13/h2-5,8-9,12,15H,6-7,11H2,1H3. The van der Waals surface area contributed by atoms with Gasteiger partial charge in [0.05, 0.1) is 36.9 Å². The average molecular weight is 319 g/mol. The molecule has 1 unspecified atom stereocenters. The van der Waals surface area contributed by atoms with E-state index in [4.69, 9.17) is 9.44 Å². The molecule has 1 heterocycles. The summed E-state index contributed by atoms with van der Waals surface area (Å²) in [5.41, 5.74) is 1.64. The molecule has 0 amide bonds. The maximum atomic E-state index is 11.4. The smallest absolute Gasteiger partial charge is 0.264 e. The summed E-state index contributed by atoms with van der Waals surface area (Å²) in [6.45, 7) is 0.420. The van der Waals surface area contributed by atoms with Crippen LogP contribution in [0.15, 0.2) is 43.0 Å². The van der Waals surface area contributed by atoms with Crippen LogP contribution in [-0.2, 0) is 27.3 Å². The molecule has 0 saturated heterocycles. The van der Waals surface area contributed by atoms with Crippen LogP contribution < -0.4 is 0 Å². The second-order valence-electron chi connectivity index (χ2n) is 5.03. The van der Waals surface area contributed by atoms with Crippen molar-refractivity contribution < 1.29 is 12.6 Å². The lowest BCUT2D eigenvalue weighted by Gasteiger charge is -2.16. The molecule has 2 rings (SSSR count). The molecule has 7 heteroatoms. The second kappa shape index (κ2) is 7.20. The Bertz CT molecular complexity index is 731. The van der Waals surface area contributed by atoms with Crippen LogP contribution in [0, 0.1) is 11.3 Å². The highest BCUT2D eigenvalue weighted by Crippen LogP contribution is 2.12. The number of hydrogen-bond acceptors (Lipinski definition) is 5. The van der Waals surface area contributed by atoms with Crippen molar-refractivity contribution in [3.05, 3.63) is 54.1 Å². The molecule has 2 aromatic rings. The Morgan fingerprint density at radius 3 is 2.64 bits per heavy atom. The lowest BCUT2D eigenvalue weighted by Crippen LogP contribution is -2.23. The van der Waals surface area contributed by atoms with Gasteiger partial charge < -0.3 is 4.57 Å². The maximum absolute atomic E-state index is 11.4. The topological polar surface area (TPSA) is 85.0 Å². The minimum absolute atomic E-state index is 0.420. The predicted molar refractivity (Wildman–Crippen MR) is 81.4 cm³/mol. The Labute approximate surface area is 130 Å². The Kier molecular flexibility index (Phi) is 5.31. The molecule has 0 spiro atoms. The molecule has 1 aromatic carbocycles. The Balaban J connectivity index is 2.00. The summed E-state index contributed by atoms with van der Waals surface area (Å²) in [4.78, 5) is 3.94. The summed E-state index contributed by atoms with van der Waals surface area (Å²) in [5.74, 6) is 0. The maximum Gasteiger partial charge on any atom is 0.264 e. The average Bonchev–Trinajstić information content (AvgIpc) is 2.97. The van der Waals surface area contributed by atoms with E-state index in [2.05, 4.69) is 11.1 Å². The lowest BCUT2D eigenvalue weighted by molar-refractivity contribution is 0.180. The molecule has 1 aromatic heterocycles. The van der Waals surface area contributed by atoms with Crippen LogP contribution in [0.2, 0.25) is 0 Å². The molecule has 0 fully saturated rings. The third-order valence-corrected chi connectivity index (χ3v) is 3.74. The molecule has 0 bridgehead atoms. The van der Waals surface area contributed by atoms with E-state index in [-0.39, 0.29) is 0 Å². The van der Waals surface area contributed by atoms with Gasteiger partial charge in [0.1, 0.15) is 0 Å². The van der Waals surface area contributed by atoms with E-state index < -0.39 is 16.2 Å². The van der Waals surface area contributed by atoms with Crippen molar-refractivity contribution in [1.82, 2.24) is 9.55 Å². The van der Waals surface area contributed by atoms with Crippen LogP contribution in [0.25, 0.3) is 0 Å². The summed E-state index contributed by atoms with van der Waals surface area (Å²) in [5, 5.41) is 8.77. The van der Waals surface area contributed by atoms with Crippen molar-refractivity contribution in [2.75, 3.05) is 6.26 Å². The second-order valence-corrected chi connectivity index (χ2v) is 6.63. The van der Waals surface area contributed by atoms with E-state index in [1.807, 2.05) is 12.1 Å². The van der Waals surface area contributed by atoms with Gasteiger partial charge in [-0.05, 0) is 30.5 Å². The summed E-state index contributed by atoms with van der Waals surface area (Å²) < 4.78 is 29.7. The third-order valence-electron chi connectivity index (χ3n) is 3.12. The van der Waals surface area contributed by atoms with Gasteiger partial charge in [-0.3, -0.25) is 4.18 Å². The van der Waals surface area contributed by atoms with Gasteiger partial charge in [-0.25, -0.2) is 4.98 Å². The molecule has 1 atom stereocenters. The number of nitrogens with zero attached hydrogens (tertiary/aromatic N) is 3. The fourth-order valence-corrected chi connectivity index (χ4v) is 2.77. The summed E-state index contributed by atoms with van der Waals surface area (Å²) in [6, 6.07) is 9.30. The quantitative estimate of drug-likeness (QED) is 0.726. The number of rotatable bonds is 7. The number of nitriles is 1. The molecule has 0 aliphatic carbocycles. The van der Waals surface area contributed by atoms with Gasteiger partial charge in [0, 0.05) is 12.4 Å². The van der Waals surface area contributed by atoms with Crippen LogP contribution in [0.4, 0.5) is 0 Å². The van der Waals surface area contributed by atoms with Gasteiger partial charge in [-0.1, -0.05) is 12.1 Å². The number of hydrogen-bond donors (Lipinski definition) is 0. The Morgan fingerprint density at radius 1 is 1.36 bits per heavy atom. The van der Waals surface area contributed by atoms with Crippen molar-refractivity contribution in [1.29, 1.82) is 5.26 Å². The van der Waals surface area contributed by atoms with Crippen LogP contribution in [-0.4, -0.2) is 30.3 Å². The molecular formula is C15H17N3O3S. The van der Waals surface area contributed by atoms with Gasteiger partial charge in [0.25, 0.3) is 10.1 Å². The third kappa shape index (κ3) is 5.31. The van der Waals surface area contributed by atoms with E-state index in [9.17, 15) is 8.42 Å². The molecule has 0 aliphatic rings. The first-order valence-corrected chi connectivity index (χ1v) is 8.61. The Hall–Kier alpha value is -2.17. The van der Waals surface area contributed by atoms with Crippen LogP contribution >= 0.6 is 0 Å². The van der Waals surface area contributed by atoms with Crippen molar-refractivity contribution in [2.24, 2.45) is 0 Å². The van der Waals surface area contributed by atoms with Crippen LogP contribution in [0.5, 0.6) is 0 Å². The van der Waals surface area contributed by atoms with Gasteiger partial charge >= 0.3 is 0 Å². The normalized spacial score (nSPS) is 12.7. The van der Waals surface area contributed by atoms with Crippen molar-refractivity contribution >= 4 is 10.1 Å². The van der Waals surface area contributed by atoms with E-state index in [0.29, 0.717) is 24.9 Å². The molecule has 0 aliphatic heterocycles. The van der Waals surface area contributed by atoms with Gasteiger partial charge in [-0.2, -0.15) is 13.7 Å². The summed E-state index contributed by atoms with van der Waals surface area (Å²) >= 11 is 0. The summed E-state index contributed by atoms with van der Waals surface area (Å²) in [7, 11) is -3.52.